The summed E-state index contributed by atoms with van der Waals surface area (Å²) in [5.74, 6) is 1.58. The van der Waals surface area contributed by atoms with Crippen molar-refractivity contribution in [3.05, 3.63) is 23.3 Å². The van der Waals surface area contributed by atoms with Gasteiger partial charge in [0.15, 0.2) is 11.5 Å². The molecule has 2 aliphatic heterocycles. The summed E-state index contributed by atoms with van der Waals surface area (Å²) in [5, 5.41) is 9.92. The molecule has 1 unspecified atom stereocenters. The number of fused-ring (bicyclic) bond motifs is 3. The van der Waals surface area contributed by atoms with Crippen LogP contribution in [0.3, 0.4) is 0 Å². The van der Waals surface area contributed by atoms with Gasteiger partial charge >= 0.3 is 0 Å². The molecular formula is C15H21NO3. The molecule has 0 amide bonds. The Bertz CT molecular complexity index is 475. The molecular weight excluding hydrogens is 242 g/mol. The summed E-state index contributed by atoms with van der Waals surface area (Å²) in [4.78, 5) is 2.47. The lowest BCUT2D eigenvalue weighted by molar-refractivity contribution is 0.0359. The molecule has 0 bridgehead atoms. The molecule has 0 spiro atoms. The average molecular weight is 263 g/mol. The number of aliphatic hydroxyl groups excluding tert-OH is 1. The highest BCUT2D eigenvalue weighted by Crippen LogP contribution is 2.41. The number of nitrogens with zero attached hydrogens (tertiary/aromatic N) is 1. The second kappa shape index (κ2) is 5.02. The first kappa shape index (κ1) is 12.8. The zero-order valence-electron chi connectivity index (χ0n) is 11.6. The van der Waals surface area contributed by atoms with Crippen molar-refractivity contribution in [3.8, 4) is 11.5 Å². The van der Waals surface area contributed by atoms with E-state index in [1.165, 1.54) is 11.1 Å². The minimum absolute atomic E-state index is 0.180. The number of hydrogen-bond donors (Lipinski definition) is 1. The van der Waals surface area contributed by atoms with E-state index >= 15 is 0 Å². The lowest BCUT2D eigenvalue weighted by Gasteiger charge is -2.42. The van der Waals surface area contributed by atoms with Crippen molar-refractivity contribution in [3.63, 3.8) is 0 Å². The second-order valence-corrected chi connectivity index (χ2v) is 5.39. The first-order chi connectivity index (χ1) is 9.22. The quantitative estimate of drug-likeness (QED) is 0.883. The van der Waals surface area contributed by atoms with Crippen LogP contribution in [0.25, 0.3) is 0 Å². The number of hydrogen-bond acceptors (Lipinski definition) is 4. The van der Waals surface area contributed by atoms with E-state index in [0.717, 1.165) is 43.9 Å². The summed E-state index contributed by atoms with van der Waals surface area (Å²) < 4.78 is 10.8. The zero-order chi connectivity index (χ0) is 13.4. The van der Waals surface area contributed by atoms with Gasteiger partial charge in [0, 0.05) is 19.1 Å². The third kappa shape index (κ3) is 2.19. The molecule has 1 N–H and O–H groups in total. The minimum Gasteiger partial charge on any atom is -0.493 e. The topological polar surface area (TPSA) is 41.9 Å². The smallest absolute Gasteiger partial charge is 0.161 e. The predicted octanol–water partition coefficient (Wildman–Crippen LogP) is 1.76. The Kier molecular flexibility index (Phi) is 3.37. The lowest BCUT2D eigenvalue weighted by atomic mass is 9.85. The fourth-order valence-electron chi connectivity index (χ4n) is 3.31. The summed E-state index contributed by atoms with van der Waals surface area (Å²) in [6, 6.07) is 4.50. The van der Waals surface area contributed by atoms with Gasteiger partial charge in [-0.25, -0.2) is 0 Å². The lowest BCUT2D eigenvalue weighted by Crippen LogP contribution is -2.42. The van der Waals surface area contributed by atoms with Crippen LogP contribution < -0.4 is 9.47 Å². The zero-order valence-corrected chi connectivity index (χ0v) is 11.6. The van der Waals surface area contributed by atoms with Crippen LogP contribution in [0.15, 0.2) is 12.1 Å². The van der Waals surface area contributed by atoms with E-state index in [4.69, 9.17) is 9.47 Å². The van der Waals surface area contributed by atoms with Crippen molar-refractivity contribution in [2.75, 3.05) is 27.3 Å². The van der Waals surface area contributed by atoms with Gasteiger partial charge in [-0.05, 0) is 42.5 Å². The normalized spacial score (nSPS) is 26.5. The Morgan fingerprint density at radius 1 is 1.16 bits per heavy atom. The molecule has 2 aliphatic rings. The first-order valence-corrected chi connectivity index (χ1v) is 6.90. The maximum Gasteiger partial charge on any atom is 0.161 e. The molecule has 1 aromatic carbocycles. The third-order valence-corrected chi connectivity index (χ3v) is 4.36. The molecule has 2 heterocycles. The van der Waals surface area contributed by atoms with Gasteiger partial charge in [0.1, 0.15) is 0 Å². The highest BCUT2D eigenvalue weighted by molar-refractivity contribution is 5.49. The van der Waals surface area contributed by atoms with Gasteiger partial charge in [0.2, 0.25) is 0 Å². The van der Waals surface area contributed by atoms with Gasteiger partial charge in [-0.1, -0.05) is 0 Å². The molecule has 19 heavy (non-hydrogen) atoms. The van der Waals surface area contributed by atoms with E-state index in [1.54, 1.807) is 14.2 Å². The van der Waals surface area contributed by atoms with Crippen molar-refractivity contribution < 1.29 is 14.6 Å². The van der Waals surface area contributed by atoms with Crippen LogP contribution in [0.1, 0.15) is 30.0 Å². The molecule has 3 rings (SSSR count). The van der Waals surface area contributed by atoms with E-state index in [0.29, 0.717) is 6.04 Å². The Morgan fingerprint density at radius 2 is 1.89 bits per heavy atom. The Hall–Kier alpha value is -1.26. The molecule has 4 heteroatoms. The third-order valence-electron chi connectivity index (χ3n) is 4.36. The van der Waals surface area contributed by atoms with E-state index in [1.807, 2.05) is 0 Å². The number of aliphatic hydroxyl groups is 1. The van der Waals surface area contributed by atoms with Crippen LogP contribution in [-0.2, 0) is 6.42 Å². The highest BCUT2D eigenvalue weighted by Gasteiger charge is 2.33. The van der Waals surface area contributed by atoms with Gasteiger partial charge in [-0.15, -0.1) is 0 Å². The Morgan fingerprint density at radius 3 is 2.63 bits per heavy atom. The largest absolute Gasteiger partial charge is 0.493 e. The van der Waals surface area contributed by atoms with Crippen LogP contribution >= 0.6 is 0 Å². The summed E-state index contributed by atoms with van der Waals surface area (Å²) in [5.41, 5.74) is 2.62. The molecule has 0 saturated carbocycles. The van der Waals surface area contributed by atoms with E-state index in [9.17, 15) is 5.11 Å². The minimum atomic E-state index is -0.180. The van der Waals surface area contributed by atoms with Crippen LogP contribution in [0, 0.1) is 0 Å². The first-order valence-electron chi connectivity index (χ1n) is 6.90. The van der Waals surface area contributed by atoms with Gasteiger partial charge in [0.05, 0.1) is 20.3 Å². The number of benzene rings is 1. The van der Waals surface area contributed by atoms with Crippen LogP contribution in [0.4, 0.5) is 0 Å². The van der Waals surface area contributed by atoms with E-state index in [-0.39, 0.29) is 6.10 Å². The summed E-state index contributed by atoms with van der Waals surface area (Å²) >= 11 is 0. The maximum atomic E-state index is 9.92. The van der Waals surface area contributed by atoms with Gasteiger partial charge in [-0.2, -0.15) is 0 Å². The summed E-state index contributed by atoms with van der Waals surface area (Å²) in [7, 11) is 3.34. The van der Waals surface area contributed by atoms with Crippen LogP contribution in [0.5, 0.6) is 11.5 Å². The monoisotopic (exact) mass is 263 g/mol. The van der Waals surface area contributed by atoms with Crippen molar-refractivity contribution in [1.29, 1.82) is 0 Å². The number of methoxy groups -OCH3 is 2. The van der Waals surface area contributed by atoms with Gasteiger partial charge < -0.3 is 14.6 Å². The summed E-state index contributed by atoms with van der Waals surface area (Å²) in [6.07, 6.45) is 2.57. The van der Waals surface area contributed by atoms with Crippen molar-refractivity contribution in [2.45, 2.75) is 31.4 Å². The van der Waals surface area contributed by atoms with Crippen molar-refractivity contribution in [1.82, 2.24) is 4.90 Å². The fourth-order valence-corrected chi connectivity index (χ4v) is 3.31. The molecule has 2 atom stereocenters. The van der Waals surface area contributed by atoms with Gasteiger partial charge in [0.25, 0.3) is 0 Å². The van der Waals surface area contributed by atoms with E-state index in [2.05, 4.69) is 17.0 Å². The maximum absolute atomic E-state index is 9.92. The number of piperidine rings is 1. The molecule has 104 valence electrons. The number of ether oxygens (including phenoxy) is 2. The van der Waals surface area contributed by atoms with Crippen molar-refractivity contribution in [2.24, 2.45) is 0 Å². The Balaban J connectivity index is 2.01. The molecule has 0 aromatic heterocycles. The molecule has 1 saturated heterocycles. The van der Waals surface area contributed by atoms with Crippen molar-refractivity contribution >= 4 is 0 Å². The Labute approximate surface area is 113 Å². The molecule has 4 nitrogen and oxygen atoms in total. The summed E-state index contributed by atoms with van der Waals surface area (Å²) in [6.45, 7) is 2.06. The fraction of sp³-hybridized carbons (Fsp3) is 0.600. The predicted molar refractivity (Wildman–Crippen MR) is 72.8 cm³/mol. The van der Waals surface area contributed by atoms with Gasteiger partial charge in [-0.3, -0.25) is 4.90 Å². The SMILES string of the molecule is COc1cc2c(cc1OC)C1C[C@H](O)CCN1CC2. The van der Waals surface area contributed by atoms with Crippen LogP contribution in [-0.4, -0.2) is 43.4 Å². The number of rotatable bonds is 2. The average Bonchev–Trinajstić information content (AvgIpc) is 2.45. The highest BCUT2D eigenvalue weighted by atomic mass is 16.5. The molecule has 0 radical (unpaired) electrons. The molecule has 0 aliphatic carbocycles. The second-order valence-electron chi connectivity index (χ2n) is 5.39. The van der Waals surface area contributed by atoms with Crippen LogP contribution in [0.2, 0.25) is 0 Å². The standard InChI is InChI=1S/C15H21NO3/c1-18-14-7-10-3-5-16-6-4-11(17)8-13(16)12(10)9-15(14)19-2/h7,9,11,13,17H,3-6,8H2,1-2H3/t11-,13?/m1/s1. The molecule has 1 aromatic rings. The molecule has 1 fully saturated rings. The van der Waals surface area contributed by atoms with E-state index < -0.39 is 0 Å².